The molecule has 44 heavy (non-hydrogen) atoms. The molecule has 7 aromatic rings. The van der Waals surface area contributed by atoms with Crippen LogP contribution in [0.2, 0.25) is 0 Å². The molecule has 6 heteroatoms. The Bertz CT molecular complexity index is 1750. The van der Waals surface area contributed by atoms with Gasteiger partial charge in [0.2, 0.25) is 0 Å². The maximum Gasteiger partial charge on any atom is 0.161 e. The molecule has 0 aliphatic rings. The van der Waals surface area contributed by atoms with E-state index < -0.39 is 0 Å². The van der Waals surface area contributed by atoms with Crippen LogP contribution in [-0.2, 0) is 0 Å². The fourth-order valence-electron chi connectivity index (χ4n) is 5.51. The molecule has 0 atom stereocenters. The van der Waals surface area contributed by atoms with E-state index in [9.17, 15) is 0 Å². The zero-order valence-corrected chi connectivity index (χ0v) is 24.4. The molecule has 5 aromatic carbocycles. The van der Waals surface area contributed by atoms with Gasteiger partial charge in [-0.3, -0.25) is 0 Å². The topological polar surface area (TPSA) is 75.8 Å². The number of aromatic amines is 2. The molecular weight excluding hydrogens is 544 g/mol. The summed E-state index contributed by atoms with van der Waals surface area (Å²) in [5.74, 6) is 2.58. The lowest BCUT2D eigenvalue weighted by Gasteiger charge is -2.13. The van der Waals surface area contributed by atoms with E-state index in [2.05, 4.69) is 58.5 Å². The first-order chi connectivity index (χ1) is 21.7. The Kier molecular flexibility index (Phi) is 7.22. The van der Waals surface area contributed by atoms with E-state index in [-0.39, 0.29) is 0 Å². The van der Waals surface area contributed by atoms with Crippen molar-refractivity contribution >= 4 is 0 Å². The van der Waals surface area contributed by atoms with Crippen molar-refractivity contribution in [3.63, 3.8) is 0 Å². The summed E-state index contributed by atoms with van der Waals surface area (Å²) in [6, 6.07) is 44.9. The maximum absolute atomic E-state index is 5.77. The zero-order valence-electron chi connectivity index (χ0n) is 24.4. The van der Waals surface area contributed by atoms with Crippen LogP contribution in [0.5, 0.6) is 11.5 Å². The first-order valence-electron chi connectivity index (χ1n) is 14.4. The highest BCUT2D eigenvalue weighted by Gasteiger charge is 2.23. The number of benzene rings is 5. The second-order valence-corrected chi connectivity index (χ2v) is 10.3. The van der Waals surface area contributed by atoms with Gasteiger partial charge >= 0.3 is 0 Å². The lowest BCUT2D eigenvalue weighted by molar-refractivity contribution is 0.355. The van der Waals surface area contributed by atoms with Gasteiger partial charge in [-0.1, -0.05) is 121 Å². The Hall–Kier alpha value is -5.88. The van der Waals surface area contributed by atoms with Crippen molar-refractivity contribution in [3.05, 3.63) is 133 Å². The molecule has 0 aliphatic heterocycles. The van der Waals surface area contributed by atoms with E-state index in [1.165, 1.54) is 0 Å². The van der Waals surface area contributed by atoms with Crippen molar-refractivity contribution in [1.82, 2.24) is 19.9 Å². The van der Waals surface area contributed by atoms with Crippen molar-refractivity contribution in [1.29, 1.82) is 0 Å². The molecule has 0 saturated carbocycles. The standard InChI is InChI=1S/C38H30N4O2/c1-43-31-23-29(37-39-33(25-15-7-3-8-16-25)34(40-37)26-17-9-4-10-18-26)30(24-32(31)44-2)38-41-35(27-19-11-5-12-20-27)36(42-38)28-21-13-6-14-22-28/h3-24H,1-2H3,(H,39,40)(H,41,42). The molecule has 0 saturated heterocycles. The van der Waals surface area contributed by atoms with Crippen LogP contribution in [0.1, 0.15) is 0 Å². The summed E-state index contributed by atoms with van der Waals surface area (Å²) in [5.41, 5.74) is 9.38. The van der Waals surface area contributed by atoms with Crippen molar-refractivity contribution < 1.29 is 9.47 Å². The Morgan fingerprint density at radius 1 is 0.432 bits per heavy atom. The molecule has 0 aliphatic carbocycles. The van der Waals surface area contributed by atoms with Gasteiger partial charge in [-0.25, -0.2) is 9.97 Å². The number of ether oxygens (including phenoxy) is 2. The summed E-state index contributed by atoms with van der Waals surface area (Å²) in [6.45, 7) is 0. The largest absolute Gasteiger partial charge is 0.493 e. The summed E-state index contributed by atoms with van der Waals surface area (Å²) in [4.78, 5) is 17.7. The van der Waals surface area contributed by atoms with E-state index in [4.69, 9.17) is 19.4 Å². The third-order valence-corrected chi connectivity index (χ3v) is 7.66. The number of aromatic nitrogens is 4. The van der Waals surface area contributed by atoms with Gasteiger partial charge in [-0.05, 0) is 12.1 Å². The van der Waals surface area contributed by atoms with E-state index in [0.717, 1.165) is 56.2 Å². The fourth-order valence-corrected chi connectivity index (χ4v) is 5.51. The first kappa shape index (κ1) is 27.0. The van der Waals surface area contributed by atoms with E-state index in [1.54, 1.807) is 14.2 Å². The summed E-state index contributed by atoms with van der Waals surface area (Å²) in [6.07, 6.45) is 0. The molecule has 0 unspecified atom stereocenters. The zero-order chi connectivity index (χ0) is 29.9. The van der Waals surface area contributed by atoms with Crippen LogP contribution in [-0.4, -0.2) is 34.2 Å². The Morgan fingerprint density at radius 3 is 1.07 bits per heavy atom. The molecule has 2 N–H and O–H groups in total. The van der Waals surface area contributed by atoms with Crippen LogP contribution in [0, 0.1) is 0 Å². The van der Waals surface area contributed by atoms with Crippen molar-refractivity contribution in [2.75, 3.05) is 14.2 Å². The lowest BCUT2D eigenvalue weighted by atomic mass is 10.0. The number of rotatable bonds is 8. The molecule has 2 heterocycles. The van der Waals surface area contributed by atoms with E-state index in [1.807, 2.05) is 84.9 Å². The molecule has 214 valence electrons. The van der Waals surface area contributed by atoms with Gasteiger partial charge in [0.25, 0.3) is 0 Å². The highest BCUT2D eigenvalue weighted by atomic mass is 16.5. The van der Waals surface area contributed by atoms with Gasteiger partial charge in [-0.15, -0.1) is 0 Å². The van der Waals surface area contributed by atoms with Crippen molar-refractivity contribution in [3.8, 4) is 79.3 Å². The summed E-state index contributed by atoms with van der Waals surface area (Å²) < 4.78 is 11.5. The van der Waals surface area contributed by atoms with Crippen LogP contribution in [0.15, 0.2) is 133 Å². The van der Waals surface area contributed by atoms with Crippen molar-refractivity contribution in [2.24, 2.45) is 0 Å². The molecular formula is C38H30N4O2. The minimum atomic E-state index is 0.600. The van der Waals surface area contributed by atoms with E-state index >= 15 is 0 Å². The number of hydrogen-bond acceptors (Lipinski definition) is 4. The number of nitrogens with one attached hydrogen (secondary N) is 2. The average molecular weight is 575 g/mol. The third kappa shape index (κ3) is 5.03. The molecule has 0 bridgehead atoms. The summed E-state index contributed by atoms with van der Waals surface area (Å²) >= 11 is 0. The van der Waals surface area contributed by atoms with Gasteiger partial charge in [0.1, 0.15) is 11.6 Å². The van der Waals surface area contributed by atoms with Crippen molar-refractivity contribution in [2.45, 2.75) is 0 Å². The second kappa shape index (κ2) is 11.8. The minimum absolute atomic E-state index is 0.600. The number of nitrogens with zero attached hydrogens (tertiary/aromatic N) is 2. The fraction of sp³-hybridized carbons (Fsp3) is 0.0526. The van der Waals surface area contributed by atoms with Crippen LogP contribution >= 0.6 is 0 Å². The normalized spacial score (nSPS) is 11.0. The van der Waals surface area contributed by atoms with Gasteiger partial charge in [-0.2, -0.15) is 0 Å². The van der Waals surface area contributed by atoms with E-state index in [0.29, 0.717) is 23.1 Å². The minimum Gasteiger partial charge on any atom is -0.493 e. The number of imidazole rings is 2. The molecule has 2 aromatic heterocycles. The SMILES string of the molecule is COc1cc(-c2nc(-c3ccccc3)c(-c3ccccc3)[nH]2)c(-c2nc(-c3ccccc3)c(-c3ccccc3)[nH]2)cc1OC. The third-order valence-electron chi connectivity index (χ3n) is 7.66. The highest BCUT2D eigenvalue weighted by molar-refractivity contribution is 5.88. The van der Waals surface area contributed by atoms with Crippen LogP contribution in [0.4, 0.5) is 0 Å². The summed E-state index contributed by atoms with van der Waals surface area (Å²) in [7, 11) is 3.28. The van der Waals surface area contributed by atoms with Gasteiger partial charge < -0.3 is 19.4 Å². The molecule has 6 nitrogen and oxygen atoms in total. The second-order valence-electron chi connectivity index (χ2n) is 10.3. The predicted octanol–water partition coefficient (Wildman–Crippen LogP) is 9.15. The number of H-pyrrole nitrogens is 2. The monoisotopic (exact) mass is 574 g/mol. The Balaban J connectivity index is 1.48. The number of methoxy groups -OCH3 is 2. The average Bonchev–Trinajstić information content (AvgIpc) is 3.75. The smallest absolute Gasteiger partial charge is 0.161 e. The summed E-state index contributed by atoms with van der Waals surface area (Å²) in [5, 5.41) is 0. The molecule has 0 amide bonds. The van der Waals surface area contributed by atoms with Crippen LogP contribution in [0.3, 0.4) is 0 Å². The van der Waals surface area contributed by atoms with Crippen LogP contribution in [0.25, 0.3) is 67.8 Å². The number of hydrogen-bond donors (Lipinski definition) is 2. The molecule has 0 fully saturated rings. The van der Waals surface area contributed by atoms with Gasteiger partial charge in [0.15, 0.2) is 11.5 Å². The molecule has 0 radical (unpaired) electrons. The maximum atomic E-state index is 5.77. The Labute approximate surface area is 256 Å². The van der Waals surface area contributed by atoms with Gasteiger partial charge in [0, 0.05) is 33.4 Å². The lowest BCUT2D eigenvalue weighted by Crippen LogP contribution is -1.96. The quantitative estimate of drug-likeness (QED) is 0.190. The predicted molar refractivity (Wildman–Crippen MR) is 176 cm³/mol. The Morgan fingerprint density at radius 2 is 0.750 bits per heavy atom. The highest BCUT2D eigenvalue weighted by Crippen LogP contribution is 2.43. The van der Waals surface area contributed by atoms with Crippen LogP contribution < -0.4 is 9.47 Å². The first-order valence-corrected chi connectivity index (χ1v) is 14.4. The molecule has 7 rings (SSSR count). The van der Waals surface area contributed by atoms with Gasteiger partial charge in [0.05, 0.1) is 37.0 Å². The molecule has 0 spiro atoms.